The summed E-state index contributed by atoms with van der Waals surface area (Å²) in [7, 11) is 0. The third-order valence-corrected chi connectivity index (χ3v) is 4.78. The van der Waals surface area contributed by atoms with Gasteiger partial charge in [-0.05, 0) is 36.4 Å². The van der Waals surface area contributed by atoms with Crippen LogP contribution in [0.15, 0.2) is 69.4 Å². The van der Waals surface area contributed by atoms with Crippen molar-refractivity contribution >= 4 is 39.6 Å². The molecule has 2 aromatic carbocycles. The molecule has 0 bridgehead atoms. The highest BCUT2D eigenvalue weighted by Gasteiger charge is 2.25. The van der Waals surface area contributed by atoms with Crippen LogP contribution >= 0.6 is 27.7 Å². The summed E-state index contributed by atoms with van der Waals surface area (Å²) in [6, 6.07) is 13.4. The molecule has 0 aromatic heterocycles. The predicted octanol–water partition coefficient (Wildman–Crippen LogP) is 5.34. The molecule has 0 amide bonds. The first kappa shape index (κ1) is 15.1. The molecule has 0 saturated heterocycles. The Kier molecular flexibility index (Phi) is 4.50. The van der Waals surface area contributed by atoms with Gasteiger partial charge in [-0.1, -0.05) is 52.5 Å². The van der Waals surface area contributed by atoms with Crippen LogP contribution in [0.1, 0.15) is 15.9 Å². The van der Waals surface area contributed by atoms with Gasteiger partial charge in [0.2, 0.25) is 5.78 Å². The molecule has 1 heterocycles. The number of ketones is 1. The zero-order chi connectivity index (χ0) is 15.5. The zero-order valence-corrected chi connectivity index (χ0v) is 14.1. The van der Waals surface area contributed by atoms with Gasteiger partial charge in [-0.25, -0.2) is 0 Å². The quantitative estimate of drug-likeness (QED) is 0.534. The van der Waals surface area contributed by atoms with E-state index in [-0.39, 0.29) is 5.78 Å². The number of hydrogen-bond donors (Lipinski definition) is 0. The summed E-state index contributed by atoms with van der Waals surface area (Å²) in [6.07, 6.45) is 3.58. The Balaban J connectivity index is 1.98. The maximum atomic E-state index is 12.5. The normalized spacial score (nSPS) is 15.0. The molecule has 0 N–H and O–H groups in total. The van der Waals surface area contributed by atoms with E-state index in [0.29, 0.717) is 11.5 Å². The topological polar surface area (TPSA) is 26.3 Å². The monoisotopic (exact) mass is 372 g/mol. The number of benzene rings is 2. The van der Waals surface area contributed by atoms with Crippen LogP contribution in [-0.2, 0) is 0 Å². The smallest absolute Gasteiger partial charge is 0.200 e. The summed E-state index contributed by atoms with van der Waals surface area (Å²) >= 11 is 4.96. The minimum atomic E-state index is 0.0650. The van der Waals surface area contributed by atoms with Crippen LogP contribution in [0, 0.1) is 0 Å². The zero-order valence-electron chi connectivity index (χ0n) is 11.7. The molecule has 0 spiro atoms. The number of ether oxygens (including phenoxy) is 1. The van der Waals surface area contributed by atoms with Crippen LogP contribution in [0.25, 0.3) is 6.08 Å². The number of Topliss-reactive ketones (excluding diaryl/α,β-unsaturated/α-hetero) is 1. The average Bonchev–Trinajstić information content (AvgIpc) is 2.83. The highest BCUT2D eigenvalue weighted by Crippen LogP contribution is 2.41. The summed E-state index contributed by atoms with van der Waals surface area (Å²) in [5.74, 6) is 0.801. The van der Waals surface area contributed by atoms with Gasteiger partial charge in [0.25, 0.3) is 0 Å². The SMILES string of the molecule is C=CCOc1ccc(Br)cc1C=C1Sc2ccccc2C1=O. The van der Waals surface area contributed by atoms with E-state index in [2.05, 4.69) is 22.5 Å². The molecule has 0 saturated carbocycles. The van der Waals surface area contributed by atoms with E-state index in [1.807, 2.05) is 48.5 Å². The second kappa shape index (κ2) is 6.55. The van der Waals surface area contributed by atoms with E-state index in [1.54, 1.807) is 6.08 Å². The molecule has 2 aromatic rings. The first-order valence-electron chi connectivity index (χ1n) is 6.75. The lowest BCUT2D eigenvalue weighted by Crippen LogP contribution is -1.97. The van der Waals surface area contributed by atoms with Crippen LogP contribution in [0.3, 0.4) is 0 Å². The fourth-order valence-electron chi connectivity index (χ4n) is 2.19. The number of allylic oxidation sites excluding steroid dienone is 1. The fourth-order valence-corrected chi connectivity index (χ4v) is 3.61. The first-order valence-corrected chi connectivity index (χ1v) is 8.36. The molecule has 3 rings (SSSR count). The highest BCUT2D eigenvalue weighted by molar-refractivity contribution is 9.10. The summed E-state index contributed by atoms with van der Waals surface area (Å²) in [6.45, 7) is 4.09. The maximum Gasteiger partial charge on any atom is 0.200 e. The van der Waals surface area contributed by atoms with Crippen molar-refractivity contribution in [1.82, 2.24) is 0 Å². The van der Waals surface area contributed by atoms with Gasteiger partial charge in [-0.15, -0.1) is 0 Å². The van der Waals surface area contributed by atoms with Crippen LogP contribution in [0.2, 0.25) is 0 Å². The Morgan fingerprint density at radius 3 is 2.82 bits per heavy atom. The molecular weight excluding hydrogens is 360 g/mol. The molecule has 22 heavy (non-hydrogen) atoms. The van der Waals surface area contributed by atoms with Crippen molar-refractivity contribution in [2.75, 3.05) is 6.61 Å². The summed E-state index contributed by atoms with van der Waals surface area (Å²) in [5.41, 5.74) is 1.64. The first-order chi connectivity index (χ1) is 10.7. The summed E-state index contributed by atoms with van der Waals surface area (Å²) < 4.78 is 6.60. The van der Waals surface area contributed by atoms with Gasteiger partial charge in [0.05, 0.1) is 4.91 Å². The highest BCUT2D eigenvalue weighted by atomic mass is 79.9. The van der Waals surface area contributed by atoms with Gasteiger partial charge < -0.3 is 4.74 Å². The molecule has 0 radical (unpaired) electrons. The predicted molar refractivity (Wildman–Crippen MR) is 94.4 cm³/mol. The molecule has 0 aliphatic carbocycles. The molecule has 2 nitrogen and oxygen atoms in total. The van der Waals surface area contributed by atoms with Crippen molar-refractivity contribution in [1.29, 1.82) is 0 Å². The number of thioether (sulfide) groups is 1. The number of fused-ring (bicyclic) bond motifs is 1. The fraction of sp³-hybridized carbons (Fsp3) is 0.0556. The number of rotatable bonds is 4. The Bertz CT molecular complexity index is 780. The van der Waals surface area contributed by atoms with Crippen molar-refractivity contribution in [3.63, 3.8) is 0 Å². The third kappa shape index (κ3) is 3.03. The van der Waals surface area contributed by atoms with Crippen molar-refractivity contribution in [3.8, 4) is 5.75 Å². The van der Waals surface area contributed by atoms with E-state index in [4.69, 9.17) is 4.74 Å². The lowest BCUT2D eigenvalue weighted by molar-refractivity contribution is 0.104. The number of hydrogen-bond acceptors (Lipinski definition) is 3. The molecule has 0 unspecified atom stereocenters. The Hall–Kier alpha value is -1.78. The minimum Gasteiger partial charge on any atom is -0.489 e. The number of carbonyl (C=O) groups is 1. The summed E-state index contributed by atoms with van der Waals surface area (Å²) in [4.78, 5) is 14.2. The van der Waals surface area contributed by atoms with Crippen LogP contribution < -0.4 is 4.74 Å². The van der Waals surface area contributed by atoms with Crippen molar-refractivity contribution in [2.45, 2.75) is 4.90 Å². The molecule has 4 heteroatoms. The van der Waals surface area contributed by atoms with Crippen molar-refractivity contribution < 1.29 is 9.53 Å². The Morgan fingerprint density at radius 2 is 2.05 bits per heavy atom. The lowest BCUT2D eigenvalue weighted by Gasteiger charge is -2.08. The molecule has 1 aliphatic heterocycles. The standard InChI is InChI=1S/C18H13BrO2S/c1-2-9-21-15-8-7-13(19)10-12(15)11-17-18(20)14-5-3-4-6-16(14)22-17/h2-8,10-11H,1,9H2. The molecule has 1 aliphatic rings. The van der Waals surface area contributed by atoms with Crippen LogP contribution in [0.5, 0.6) is 5.75 Å². The van der Waals surface area contributed by atoms with Crippen LogP contribution in [0.4, 0.5) is 0 Å². The maximum absolute atomic E-state index is 12.5. The van der Waals surface area contributed by atoms with Crippen molar-refractivity contribution in [2.24, 2.45) is 0 Å². The van der Waals surface area contributed by atoms with Gasteiger partial charge in [-0.3, -0.25) is 4.79 Å². The Labute approximate surface area is 142 Å². The van der Waals surface area contributed by atoms with Gasteiger partial charge in [0, 0.05) is 20.5 Å². The van der Waals surface area contributed by atoms with E-state index in [0.717, 1.165) is 26.2 Å². The van der Waals surface area contributed by atoms with Gasteiger partial charge in [-0.2, -0.15) is 0 Å². The summed E-state index contributed by atoms with van der Waals surface area (Å²) in [5, 5.41) is 0. The van der Waals surface area contributed by atoms with E-state index < -0.39 is 0 Å². The Morgan fingerprint density at radius 1 is 1.23 bits per heavy atom. The van der Waals surface area contributed by atoms with E-state index >= 15 is 0 Å². The molecule has 0 fully saturated rings. The van der Waals surface area contributed by atoms with Crippen molar-refractivity contribution in [3.05, 3.63) is 75.6 Å². The molecular formula is C18H13BrO2S. The number of halogens is 1. The van der Waals surface area contributed by atoms with Gasteiger partial charge in [0.1, 0.15) is 12.4 Å². The van der Waals surface area contributed by atoms with Gasteiger partial charge in [0.15, 0.2) is 0 Å². The number of carbonyl (C=O) groups excluding carboxylic acids is 1. The second-order valence-corrected chi connectivity index (χ2v) is 6.72. The lowest BCUT2D eigenvalue weighted by atomic mass is 10.1. The molecule has 0 atom stereocenters. The third-order valence-electron chi connectivity index (χ3n) is 3.19. The van der Waals surface area contributed by atoms with Gasteiger partial charge >= 0.3 is 0 Å². The second-order valence-electron chi connectivity index (χ2n) is 4.72. The largest absolute Gasteiger partial charge is 0.489 e. The molecule has 110 valence electrons. The average molecular weight is 373 g/mol. The van der Waals surface area contributed by atoms with E-state index in [1.165, 1.54) is 11.8 Å². The van der Waals surface area contributed by atoms with Crippen LogP contribution in [-0.4, -0.2) is 12.4 Å². The minimum absolute atomic E-state index is 0.0650. The van der Waals surface area contributed by atoms with E-state index in [9.17, 15) is 4.79 Å².